The summed E-state index contributed by atoms with van der Waals surface area (Å²) >= 11 is 0. The third-order valence-electron chi connectivity index (χ3n) is 2.65. The van der Waals surface area contributed by atoms with E-state index in [1.165, 1.54) is 0 Å². The number of hydrogen-bond donors (Lipinski definition) is 0. The molecule has 1 saturated carbocycles. The first-order chi connectivity index (χ1) is 6.72. The van der Waals surface area contributed by atoms with Gasteiger partial charge in [-0.15, -0.1) is 0 Å². The van der Waals surface area contributed by atoms with Gasteiger partial charge in [-0.3, -0.25) is 9.59 Å². The SMILES string of the molecule is CCOC(=O)CCCC1CCC(=O)C1. The zero-order valence-corrected chi connectivity index (χ0v) is 8.75. The molecule has 0 aromatic heterocycles. The molecule has 0 bridgehead atoms. The van der Waals surface area contributed by atoms with Crippen molar-refractivity contribution in [2.45, 2.75) is 45.4 Å². The second-order valence-corrected chi connectivity index (χ2v) is 3.84. The van der Waals surface area contributed by atoms with Crippen LogP contribution in [0.15, 0.2) is 0 Å². The molecule has 0 radical (unpaired) electrons. The Bertz CT molecular complexity index is 211. The van der Waals surface area contributed by atoms with Gasteiger partial charge in [-0.2, -0.15) is 0 Å². The first kappa shape index (κ1) is 11.2. The summed E-state index contributed by atoms with van der Waals surface area (Å²) < 4.78 is 4.82. The van der Waals surface area contributed by atoms with Gasteiger partial charge >= 0.3 is 5.97 Å². The van der Waals surface area contributed by atoms with E-state index in [1.807, 2.05) is 6.92 Å². The average molecular weight is 198 g/mol. The lowest BCUT2D eigenvalue weighted by molar-refractivity contribution is -0.143. The third kappa shape index (κ3) is 3.90. The van der Waals surface area contributed by atoms with Gasteiger partial charge in [-0.05, 0) is 32.1 Å². The molecule has 1 atom stereocenters. The minimum absolute atomic E-state index is 0.114. The van der Waals surface area contributed by atoms with Gasteiger partial charge in [-0.1, -0.05) is 0 Å². The van der Waals surface area contributed by atoms with Crippen LogP contribution in [0.2, 0.25) is 0 Å². The molecule has 0 spiro atoms. The quantitative estimate of drug-likeness (QED) is 0.635. The Labute approximate surface area is 84.8 Å². The van der Waals surface area contributed by atoms with Crippen LogP contribution < -0.4 is 0 Å². The number of hydrogen-bond acceptors (Lipinski definition) is 3. The largest absolute Gasteiger partial charge is 0.466 e. The Hall–Kier alpha value is -0.860. The number of Topliss-reactive ketones (excluding diaryl/α,β-unsaturated/α-hetero) is 1. The van der Waals surface area contributed by atoms with Crippen LogP contribution in [0, 0.1) is 5.92 Å². The van der Waals surface area contributed by atoms with Crippen molar-refractivity contribution in [1.82, 2.24) is 0 Å². The predicted molar refractivity (Wildman–Crippen MR) is 52.8 cm³/mol. The smallest absolute Gasteiger partial charge is 0.305 e. The summed E-state index contributed by atoms with van der Waals surface area (Å²) in [6.07, 6.45) is 4.83. The lowest BCUT2D eigenvalue weighted by atomic mass is 10.0. The molecule has 0 amide bonds. The molecule has 3 nitrogen and oxygen atoms in total. The average Bonchev–Trinajstić information content (AvgIpc) is 2.52. The number of ether oxygens (including phenoxy) is 1. The maximum absolute atomic E-state index is 11.0. The summed E-state index contributed by atoms with van der Waals surface area (Å²) in [6, 6.07) is 0. The van der Waals surface area contributed by atoms with E-state index in [4.69, 9.17) is 4.74 Å². The van der Waals surface area contributed by atoms with Crippen molar-refractivity contribution in [3.8, 4) is 0 Å². The monoisotopic (exact) mass is 198 g/mol. The fraction of sp³-hybridized carbons (Fsp3) is 0.818. The third-order valence-corrected chi connectivity index (χ3v) is 2.65. The van der Waals surface area contributed by atoms with Crippen LogP contribution in [-0.2, 0) is 14.3 Å². The van der Waals surface area contributed by atoms with Gasteiger partial charge in [0.1, 0.15) is 5.78 Å². The fourth-order valence-corrected chi connectivity index (χ4v) is 1.91. The van der Waals surface area contributed by atoms with E-state index >= 15 is 0 Å². The fourth-order valence-electron chi connectivity index (χ4n) is 1.91. The maximum atomic E-state index is 11.0. The summed E-state index contributed by atoms with van der Waals surface area (Å²) in [7, 11) is 0. The molecule has 14 heavy (non-hydrogen) atoms. The lowest BCUT2D eigenvalue weighted by Gasteiger charge is -2.06. The van der Waals surface area contributed by atoms with Gasteiger partial charge in [0.25, 0.3) is 0 Å². The van der Waals surface area contributed by atoms with Crippen LogP contribution >= 0.6 is 0 Å². The highest BCUT2D eigenvalue weighted by Gasteiger charge is 2.21. The Morgan fingerprint density at radius 1 is 1.57 bits per heavy atom. The Kier molecular flexibility index (Phi) is 4.63. The summed E-state index contributed by atoms with van der Waals surface area (Å²) in [6.45, 7) is 2.27. The van der Waals surface area contributed by atoms with Gasteiger partial charge in [0.2, 0.25) is 0 Å². The first-order valence-corrected chi connectivity index (χ1v) is 5.39. The number of ketones is 1. The number of carbonyl (C=O) groups excluding carboxylic acids is 2. The Morgan fingerprint density at radius 2 is 2.36 bits per heavy atom. The van der Waals surface area contributed by atoms with E-state index in [1.54, 1.807) is 0 Å². The molecule has 1 rings (SSSR count). The molecule has 0 aliphatic heterocycles. The molecule has 0 aromatic rings. The van der Waals surface area contributed by atoms with Gasteiger partial charge < -0.3 is 4.74 Å². The molecule has 0 N–H and O–H groups in total. The molecule has 1 unspecified atom stereocenters. The van der Waals surface area contributed by atoms with E-state index in [0.717, 1.165) is 32.1 Å². The van der Waals surface area contributed by atoms with Crippen LogP contribution in [0.4, 0.5) is 0 Å². The molecule has 0 heterocycles. The van der Waals surface area contributed by atoms with Gasteiger partial charge in [0, 0.05) is 19.3 Å². The minimum atomic E-state index is -0.114. The van der Waals surface area contributed by atoms with Crippen molar-refractivity contribution in [3.05, 3.63) is 0 Å². The highest BCUT2D eigenvalue weighted by molar-refractivity contribution is 5.80. The van der Waals surface area contributed by atoms with Crippen molar-refractivity contribution in [3.63, 3.8) is 0 Å². The summed E-state index contributed by atoms with van der Waals surface area (Å²) in [5.74, 6) is 0.792. The predicted octanol–water partition coefficient (Wildman–Crippen LogP) is 2.09. The first-order valence-electron chi connectivity index (χ1n) is 5.39. The van der Waals surface area contributed by atoms with Crippen molar-refractivity contribution in [2.24, 2.45) is 5.92 Å². The number of esters is 1. The molecule has 3 heteroatoms. The van der Waals surface area contributed by atoms with E-state index in [-0.39, 0.29) is 5.97 Å². The normalized spacial score (nSPS) is 21.2. The summed E-state index contributed by atoms with van der Waals surface area (Å²) in [5.41, 5.74) is 0. The van der Waals surface area contributed by atoms with Crippen molar-refractivity contribution in [1.29, 1.82) is 0 Å². The molecule has 0 aromatic carbocycles. The topological polar surface area (TPSA) is 43.4 Å². The van der Waals surface area contributed by atoms with E-state index in [0.29, 0.717) is 24.7 Å². The minimum Gasteiger partial charge on any atom is -0.466 e. The van der Waals surface area contributed by atoms with Crippen LogP contribution in [-0.4, -0.2) is 18.4 Å². The molecule has 0 saturated heterocycles. The van der Waals surface area contributed by atoms with Gasteiger partial charge in [0.15, 0.2) is 0 Å². The maximum Gasteiger partial charge on any atom is 0.305 e. The second-order valence-electron chi connectivity index (χ2n) is 3.84. The number of rotatable bonds is 5. The van der Waals surface area contributed by atoms with E-state index in [2.05, 4.69) is 0 Å². The van der Waals surface area contributed by atoms with E-state index < -0.39 is 0 Å². The number of carbonyl (C=O) groups is 2. The summed E-state index contributed by atoms with van der Waals surface area (Å²) in [5, 5.41) is 0. The molecule has 1 aliphatic rings. The van der Waals surface area contributed by atoms with Crippen LogP contribution in [0.5, 0.6) is 0 Å². The Morgan fingerprint density at radius 3 is 2.93 bits per heavy atom. The Balaban J connectivity index is 2.04. The highest BCUT2D eigenvalue weighted by Crippen LogP contribution is 2.26. The van der Waals surface area contributed by atoms with Gasteiger partial charge in [-0.25, -0.2) is 0 Å². The van der Waals surface area contributed by atoms with Crippen molar-refractivity contribution in [2.75, 3.05) is 6.61 Å². The zero-order valence-electron chi connectivity index (χ0n) is 8.75. The summed E-state index contributed by atoms with van der Waals surface area (Å²) in [4.78, 5) is 22.0. The van der Waals surface area contributed by atoms with Crippen molar-refractivity contribution >= 4 is 11.8 Å². The van der Waals surface area contributed by atoms with E-state index in [9.17, 15) is 9.59 Å². The molecular formula is C11H18O3. The second kappa shape index (κ2) is 5.78. The molecule has 1 fully saturated rings. The van der Waals surface area contributed by atoms with Crippen LogP contribution in [0.3, 0.4) is 0 Å². The van der Waals surface area contributed by atoms with Gasteiger partial charge in [0.05, 0.1) is 6.61 Å². The van der Waals surface area contributed by atoms with Crippen LogP contribution in [0.25, 0.3) is 0 Å². The molecule has 80 valence electrons. The lowest BCUT2D eigenvalue weighted by Crippen LogP contribution is -2.04. The highest BCUT2D eigenvalue weighted by atomic mass is 16.5. The molecular weight excluding hydrogens is 180 g/mol. The molecule has 1 aliphatic carbocycles. The standard InChI is InChI=1S/C11H18O3/c1-2-14-11(13)5-3-4-9-6-7-10(12)8-9/h9H,2-8H2,1H3. The zero-order chi connectivity index (χ0) is 10.4. The van der Waals surface area contributed by atoms with Crippen LogP contribution in [0.1, 0.15) is 45.4 Å². The van der Waals surface area contributed by atoms with Crippen molar-refractivity contribution < 1.29 is 14.3 Å².